The molecule has 1 radical (unpaired) electrons. The van der Waals surface area contributed by atoms with E-state index in [4.69, 9.17) is 0 Å². The first-order valence-electron chi connectivity index (χ1n) is 13.6. The molecule has 8 rings (SSSR count). The largest absolute Gasteiger partial charge is 0.504 e. The minimum absolute atomic E-state index is 0. The summed E-state index contributed by atoms with van der Waals surface area (Å²) < 4.78 is 0. The van der Waals surface area contributed by atoms with E-state index in [9.17, 15) is 0 Å². The van der Waals surface area contributed by atoms with Gasteiger partial charge in [0, 0.05) is 31.5 Å². The minimum atomic E-state index is 0. The maximum absolute atomic E-state index is 3.72. The van der Waals surface area contributed by atoms with E-state index in [2.05, 4.69) is 95.4 Å². The number of benzene rings is 2. The van der Waals surface area contributed by atoms with Crippen LogP contribution in [0.4, 0.5) is 17.1 Å². The zero-order valence-electron chi connectivity index (χ0n) is 22.5. The Labute approximate surface area is 226 Å². The molecule has 2 fully saturated rings. The monoisotopic (exact) mass is 645 g/mol. The zero-order chi connectivity index (χ0) is 23.8. The normalized spacial score (nSPS) is 32.1. The van der Waals surface area contributed by atoms with E-state index in [1.54, 1.807) is 11.1 Å². The molecule has 2 saturated carbocycles. The predicted octanol–water partition coefficient (Wildman–Crippen LogP) is 8.18. The van der Waals surface area contributed by atoms with Crippen LogP contribution < -0.4 is 9.80 Å². The Morgan fingerprint density at radius 1 is 0.771 bits per heavy atom. The Morgan fingerprint density at radius 2 is 1.31 bits per heavy atom. The van der Waals surface area contributed by atoms with Crippen molar-refractivity contribution in [1.29, 1.82) is 0 Å². The molecule has 2 aromatic rings. The standard InChI is InChI=1S/C32H40N2.Ir/c1-30(2)26-9-8-23(15-27(26)31(3,4)32(30,5)6)34-18-33(7)28-16-24-21-11-19-10-20(12-21)14-22(13-19)25(24)17-29(28)34;/h9,15-22H,10-14H2,1-7H3;/q-2;. The molecule has 5 aliphatic carbocycles. The molecule has 2 aromatic carbocycles. The molecule has 6 aliphatic rings. The first kappa shape index (κ1) is 24.1. The molecule has 35 heavy (non-hydrogen) atoms. The van der Waals surface area contributed by atoms with E-state index >= 15 is 0 Å². The smallest absolute Gasteiger partial charge is 0.0329 e. The van der Waals surface area contributed by atoms with E-state index < -0.39 is 0 Å². The van der Waals surface area contributed by atoms with E-state index in [-0.39, 0.29) is 36.4 Å². The quantitative estimate of drug-likeness (QED) is 0.289. The Kier molecular flexibility index (Phi) is 5.07. The summed E-state index contributed by atoms with van der Waals surface area (Å²) in [6.07, 6.45) is 7.18. The zero-order valence-corrected chi connectivity index (χ0v) is 24.9. The van der Waals surface area contributed by atoms with Crippen LogP contribution in [0.25, 0.3) is 0 Å². The first-order chi connectivity index (χ1) is 16.0. The van der Waals surface area contributed by atoms with Crippen molar-refractivity contribution in [2.24, 2.45) is 17.3 Å². The molecule has 0 N–H and O–H groups in total. The fourth-order valence-electron chi connectivity index (χ4n) is 8.75. The Bertz CT molecular complexity index is 1190. The summed E-state index contributed by atoms with van der Waals surface area (Å²) in [5.74, 6) is 3.48. The van der Waals surface area contributed by atoms with Gasteiger partial charge in [0.25, 0.3) is 0 Å². The van der Waals surface area contributed by atoms with Gasteiger partial charge in [0.05, 0.1) is 0 Å². The molecule has 2 atom stereocenters. The first-order valence-corrected chi connectivity index (χ1v) is 13.6. The van der Waals surface area contributed by atoms with Gasteiger partial charge in [-0.05, 0) is 102 Å². The summed E-state index contributed by atoms with van der Waals surface area (Å²) in [5.41, 5.74) is 10.6. The summed E-state index contributed by atoms with van der Waals surface area (Å²) in [7, 11) is 2.22. The molecule has 2 unspecified atom stereocenters. The second kappa shape index (κ2) is 7.38. The molecular weight excluding hydrogens is 605 g/mol. The van der Waals surface area contributed by atoms with Gasteiger partial charge in [0.15, 0.2) is 0 Å². The second-order valence-electron chi connectivity index (χ2n) is 13.9. The van der Waals surface area contributed by atoms with Gasteiger partial charge in [-0.25, -0.2) is 0 Å². The van der Waals surface area contributed by atoms with Gasteiger partial charge < -0.3 is 9.80 Å². The van der Waals surface area contributed by atoms with Gasteiger partial charge in [-0.3, -0.25) is 0 Å². The van der Waals surface area contributed by atoms with E-state index in [0.29, 0.717) is 0 Å². The van der Waals surface area contributed by atoms with Crippen molar-refractivity contribution in [3.63, 3.8) is 0 Å². The van der Waals surface area contributed by atoms with Crippen molar-refractivity contribution in [1.82, 2.24) is 0 Å². The Balaban J connectivity index is 0.00000229. The van der Waals surface area contributed by atoms with Crippen LogP contribution in [0.1, 0.15) is 108 Å². The number of fused-ring (bicyclic) bond motifs is 2. The van der Waals surface area contributed by atoms with Gasteiger partial charge >= 0.3 is 0 Å². The molecule has 189 valence electrons. The average Bonchev–Trinajstić information content (AvgIpc) is 3.07. The van der Waals surface area contributed by atoms with E-state index in [0.717, 1.165) is 23.7 Å². The van der Waals surface area contributed by atoms with Crippen LogP contribution >= 0.6 is 0 Å². The summed E-state index contributed by atoms with van der Waals surface area (Å²) in [6, 6.07) is 13.6. The SMILES string of the molecule is CN1[CH-]N(c2[c-]cc3c(c2)C(C)(C)C(C)(C)C3(C)C)c2cc3c(cc21)C1CC2CC(C1)CC3C2.[Ir]. The van der Waals surface area contributed by atoms with Crippen LogP contribution in [0.3, 0.4) is 0 Å². The fraction of sp³-hybridized carbons (Fsp3) is 0.594. The molecule has 0 spiro atoms. The van der Waals surface area contributed by atoms with Crippen LogP contribution in [-0.2, 0) is 30.9 Å². The van der Waals surface area contributed by atoms with E-state index in [1.807, 2.05) is 0 Å². The molecule has 0 saturated heterocycles. The Morgan fingerprint density at radius 3 is 1.91 bits per heavy atom. The van der Waals surface area contributed by atoms with Gasteiger partial charge in [0.2, 0.25) is 0 Å². The van der Waals surface area contributed by atoms with Gasteiger partial charge in [-0.1, -0.05) is 41.5 Å². The average molecular weight is 645 g/mol. The fourth-order valence-corrected chi connectivity index (χ4v) is 8.75. The van der Waals surface area contributed by atoms with Crippen LogP contribution in [-0.4, -0.2) is 7.05 Å². The number of nitrogens with zero attached hydrogens (tertiary/aromatic N) is 2. The third-order valence-corrected chi connectivity index (χ3v) is 11.8. The van der Waals surface area contributed by atoms with Crippen LogP contribution in [0, 0.1) is 30.0 Å². The molecule has 3 heteroatoms. The summed E-state index contributed by atoms with van der Waals surface area (Å²) in [6.45, 7) is 16.9. The maximum atomic E-state index is 3.72. The van der Waals surface area contributed by atoms with E-state index in [1.165, 1.54) is 60.3 Å². The topological polar surface area (TPSA) is 6.48 Å². The molecule has 0 aromatic heterocycles. The maximum Gasteiger partial charge on any atom is 0.0329 e. The molecular formula is C32H40IrN2-2. The second-order valence-corrected chi connectivity index (χ2v) is 13.9. The summed E-state index contributed by atoms with van der Waals surface area (Å²) >= 11 is 0. The van der Waals surface area contributed by atoms with Crippen LogP contribution in [0.5, 0.6) is 0 Å². The van der Waals surface area contributed by atoms with Gasteiger partial charge in [0.1, 0.15) is 0 Å². The molecule has 2 nitrogen and oxygen atoms in total. The number of hydrogen-bond donors (Lipinski definition) is 0. The predicted molar refractivity (Wildman–Crippen MR) is 142 cm³/mol. The third-order valence-electron chi connectivity index (χ3n) is 11.8. The Hall–Kier alpha value is -1.31. The van der Waals surface area contributed by atoms with Gasteiger partial charge in [-0.15, -0.1) is 22.9 Å². The summed E-state index contributed by atoms with van der Waals surface area (Å²) in [5, 5.41) is 0. The third kappa shape index (κ3) is 2.98. The van der Waals surface area contributed by atoms with Crippen molar-refractivity contribution in [3.05, 3.63) is 59.3 Å². The molecule has 1 heterocycles. The van der Waals surface area contributed by atoms with Crippen molar-refractivity contribution >= 4 is 17.1 Å². The number of anilines is 3. The number of rotatable bonds is 1. The van der Waals surface area contributed by atoms with Gasteiger partial charge in [-0.2, -0.15) is 18.8 Å². The molecule has 0 amide bonds. The molecule has 1 aliphatic heterocycles. The van der Waals surface area contributed by atoms with Crippen molar-refractivity contribution < 1.29 is 20.1 Å². The van der Waals surface area contributed by atoms with Crippen molar-refractivity contribution in [2.75, 3.05) is 16.8 Å². The number of hydrogen-bond acceptors (Lipinski definition) is 2. The minimum Gasteiger partial charge on any atom is -0.504 e. The van der Waals surface area contributed by atoms with Crippen molar-refractivity contribution in [3.8, 4) is 0 Å². The van der Waals surface area contributed by atoms with Crippen LogP contribution in [0.2, 0.25) is 0 Å². The van der Waals surface area contributed by atoms with Crippen molar-refractivity contribution in [2.45, 2.75) is 96.3 Å². The van der Waals surface area contributed by atoms with Crippen LogP contribution in [0.15, 0.2) is 24.3 Å². The molecule has 4 bridgehead atoms. The summed E-state index contributed by atoms with van der Waals surface area (Å²) in [4.78, 5) is 4.76.